The van der Waals surface area contributed by atoms with E-state index in [0.717, 1.165) is 16.9 Å². The zero-order valence-electron chi connectivity index (χ0n) is 41.5. The first kappa shape index (κ1) is 57.5. The number of epoxide rings is 1. The lowest BCUT2D eigenvalue weighted by Gasteiger charge is -2.42. The van der Waals surface area contributed by atoms with Gasteiger partial charge in [0.05, 0.1) is 25.3 Å². The minimum absolute atomic E-state index is 0.0688. The number of nitrogens with zero attached hydrogens (tertiary/aromatic N) is 2. The molecular formula is C48H72ClN5O13S2. The van der Waals surface area contributed by atoms with Crippen molar-refractivity contribution in [2.24, 2.45) is 11.7 Å². The third kappa shape index (κ3) is 16.0. The Morgan fingerprint density at radius 2 is 1.87 bits per heavy atom. The van der Waals surface area contributed by atoms with E-state index in [-0.39, 0.29) is 40.8 Å². The summed E-state index contributed by atoms with van der Waals surface area (Å²) < 4.78 is 29.2. The van der Waals surface area contributed by atoms with Crippen LogP contribution < -0.4 is 26.0 Å². The normalized spacial score (nSPS) is 27.3. The van der Waals surface area contributed by atoms with Crippen molar-refractivity contribution in [3.8, 4) is 5.75 Å². The highest BCUT2D eigenvalue weighted by atomic mass is 35.5. The Labute approximate surface area is 418 Å². The van der Waals surface area contributed by atoms with Gasteiger partial charge in [0.1, 0.15) is 46.8 Å². The number of carboxylic acids is 1. The Kier molecular flexibility index (Phi) is 21.1. The number of esters is 1. The number of anilines is 1. The molecule has 4 amide bonds. The minimum atomic E-state index is -1.86. The highest BCUT2D eigenvalue weighted by Crippen LogP contribution is 2.49. The van der Waals surface area contributed by atoms with Gasteiger partial charge in [-0.15, -0.1) is 0 Å². The Morgan fingerprint density at radius 3 is 2.54 bits per heavy atom. The molecule has 1 aromatic carbocycles. The first-order valence-electron chi connectivity index (χ1n) is 23.3. The number of aliphatic carboxylic acids is 1. The van der Waals surface area contributed by atoms with Crippen molar-refractivity contribution in [1.82, 2.24) is 15.5 Å². The Bertz CT molecular complexity index is 2080. The monoisotopic (exact) mass is 1030 g/mol. The van der Waals surface area contributed by atoms with Crippen LogP contribution in [0.25, 0.3) is 0 Å². The fourth-order valence-corrected chi connectivity index (χ4v) is 11.2. The molecule has 18 nitrogen and oxygen atoms in total. The topological polar surface area (TPSA) is 249 Å². The summed E-state index contributed by atoms with van der Waals surface area (Å²) in [6.07, 6.45) is 3.92. The van der Waals surface area contributed by atoms with E-state index in [4.69, 9.17) is 46.1 Å². The molecule has 0 radical (unpaired) electrons. The first-order chi connectivity index (χ1) is 32.4. The fraction of sp³-hybridized carbons (Fsp3) is 0.667. The SMILES string of the molecule is COc1cc2cc(c1Cl)N(C)C(=O)C[C@H](OC(=O)[C@H](C)N(C)C(=O)CCC(C)(C)SSCCCC(=O)NCCCC[C@H](N)C(=O)O)[C@]1(C)O[C@H]1[C@H](C)[C@@H]1C[C@@](O)(NC(=O)O1)[C@H](OC)/C=C/C=C(/C)C2. The average molecular weight is 1030 g/mol. The van der Waals surface area contributed by atoms with Crippen LogP contribution in [-0.4, -0.2) is 144 Å². The highest BCUT2D eigenvalue weighted by molar-refractivity contribution is 8.77. The molecule has 0 aromatic heterocycles. The predicted octanol–water partition coefficient (Wildman–Crippen LogP) is 5.93. The number of nitrogens with one attached hydrogen (secondary N) is 2. The molecule has 3 heterocycles. The van der Waals surface area contributed by atoms with Crippen LogP contribution in [0.2, 0.25) is 5.02 Å². The fourth-order valence-electron chi connectivity index (χ4n) is 8.27. The van der Waals surface area contributed by atoms with Crippen molar-refractivity contribution >= 4 is 74.6 Å². The van der Waals surface area contributed by atoms with Gasteiger partial charge in [0.25, 0.3) is 0 Å². The molecule has 4 bridgehead atoms. The number of allylic oxidation sites excluding steroid dienone is 3. The number of rotatable bonds is 20. The van der Waals surface area contributed by atoms with E-state index >= 15 is 0 Å². The van der Waals surface area contributed by atoms with E-state index in [0.29, 0.717) is 62.9 Å². The van der Waals surface area contributed by atoms with Gasteiger partial charge in [0.2, 0.25) is 17.7 Å². The van der Waals surface area contributed by atoms with E-state index in [1.807, 2.05) is 26.8 Å². The number of hydrogen-bond acceptors (Lipinski definition) is 15. The molecule has 2 saturated heterocycles. The number of aliphatic hydroxyl groups is 1. The third-order valence-electron chi connectivity index (χ3n) is 13.0. The lowest BCUT2D eigenvalue weighted by molar-refractivity contribution is -0.162. The number of methoxy groups -OCH3 is 2. The molecule has 0 spiro atoms. The smallest absolute Gasteiger partial charge is 0.409 e. The third-order valence-corrected chi connectivity index (χ3v) is 16.8. The van der Waals surface area contributed by atoms with Crippen LogP contribution in [0, 0.1) is 5.92 Å². The largest absolute Gasteiger partial charge is 0.495 e. The van der Waals surface area contributed by atoms with Crippen molar-refractivity contribution in [2.75, 3.05) is 45.5 Å². The number of halogens is 1. The van der Waals surface area contributed by atoms with Crippen molar-refractivity contribution in [3.05, 3.63) is 46.5 Å². The molecule has 3 aliphatic rings. The molecule has 21 heteroatoms. The number of hydrogen-bond donors (Lipinski definition) is 5. The van der Waals surface area contributed by atoms with E-state index in [2.05, 4.69) is 10.6 Å². The van der Waals surface area contributed by atoms with E-state index in [9.17, 15) is 33.9 Å². The van der Waals surface area contributed by atoms with Crippen molar-refractivity contribution in [1.29, 1.82) is 0 Å². The van der Waals surface area contributed by atoms with Gasteiger partial charge in [-0.3, -0.25) is 24.5 Å². The first-order valence-corrected chi connectivity index (χ1v) is 26.0. The number of nitrogens with two attached hydrogens (primary N) is 1. The molecule has 4 rings (SSSR count). The van der Waals surface area contributed by atoms with Crippen LogP contribution in [0.4, 0.5) is 10.5 Å². The molecule has 1 aromatic rings. The van der Waals surface area contributed by atoms with Gasteiger partial charge in [-0.25, -0.2) is 9.59 Å². The number of unbranched alkanes of at least 4 members (excludes halogenated alkanes) is 1. The van der Waals surface area contributed by atoms with E-state index in [1.165, 1.54) is 31.1 Å². The van der Waals surface area contributed by atoms with E-state index < -0.39 is 77.7 Å². The van der Waals surface area contributed by atoms with Crippen LogP contribution in [0.3, 0.4) is 0 Å². The van der Waals surface area contributed by atoms with E-state index in [1.54, 1.807) is 73.7 Å². The molecule has 2 fully saturated rings. The van der Waals surface area contributed by atoms with Crippen LogP contribution in [0.15, 0.2) is 35.9 Å². The second-order valence-corrected chi connectivity index (χ2v) is 22.5. The molecule has 3 aliphatic heterocycles. The van der Waals surface area contributed by atoms with Crippen LogP contribution in [0.1, 0.15) is 105 Å². The quantitative estimate of drug-likeness (QED) is 0.0439. The second kappa shape index (κ2) is 25.4. The van der Waals surface area contributed by atoms with Gasteiger partial charge in [0, 0.05) is 63.4 Å². The number of likely N-dealkylation sites (N-methyl/N-ethyl adjacent to an activating group) is 1. The molecule has 0 aliphatic carbocycles. The lowest BCUT2D eigenvalue weighted by atomic mass is 9.83. The highest BCUT2D eigenvalue weighted by Gasteiger charge is 2.64. The summed E-state index contributed by atoms with van der Waals surface area (Å²) in [5.41, 5.74) is 4.46. The average Bonchev–Trinajstić information content (AvgIpc) is 3.99. The maximum absolute atomic E-state index is 14.3. The summed E-state index contributed by atoms with van der Waals surface area (Å²) in [6.45, 7) is 11.5. The molecule has 69 heavy (non-hydrogen) atoms. The van der Waals surface area contributed by atoms with Crippen LogP contribution in [0.5, 0.6) is 5.75 Å². The van der Waals surface area contributed by atoms with Gasteiger partial charge in [0.15, 0.2) is 5.72 Å². The maximum atomic E-state index is 14.3. The van der Waals surface area contributed by atoms with Gasteiger partial charge in [-0.1, -0.05) is 63.9 Å². The van der Waals surface area contributed by atoms with Crippen LogP contribution >= 0.6 is 33.2 Å². The molecular weight excluding hydrogens is 954 g/mol. The number of carbonyl (C=O) groups excluding carboxylic acids is 5. The van der Waals surface area contributed by atoms with Crippen molar-refractivity contribution < 1.29 is 62.7 Å². The molecule has 6 N–H and O–H groups in total. The Morgan fingerprint density at radius 1 is 1.16 bits per heavy atom. The standard InChI is InChI=1S/C48H72ClN5O13S2/c1-28-15-13-17-36(64-10)48(62)27-35(65-45(61)52-48)29(2)42-47(6,67-42)37(26-40(57)54(8)33-24-31(23-28)25-34(63-9)41(33)49)66-44(60)30(3)53(7)39(56)19-20-46(4,5)69-68-22-14-18-38(55)51-21-12-11-16-32(50)43(58)59/h13,15,17,24-25,29-30,32,35-37,42,62H,11-12,14,16,18-23,26-27,50H2,1-10H3,(H,51,55)(H,52,61)(H,58,59)/b17-13+,28-15-/t29-,30+,32+,35+,36-,37+,42+,47+,48+/m1/s1. The number of ether oxygens (including phenoxy) is 5. The predicted molar refractivity (Wildman–Crippen MR) is 266 cm³/mol. The number of benzene rings is 1. The number of carboxylic acid groups (broad SMARTS) is 1. The maximum Gasteiger partial charge on any atom is 0.409 e. The minimum Gasteiger partial charge on any atom is -0.495 e. The zero-order valence-corrected chi connectivity index (χ0v) is 43.9. The number of amides is 4. The summed E-state index contributed by atoms with van der Waals surface area (Å²) in [6, 6.07) is 1.62. The molecule has 386 valence electrons. The molecule has 9 atom stereocenters. The summed E-state index contributed by atoms with van der Waals surface area (Å²) in [7, 11) is 9.23. The lowest BCUT2D eigenvalue weighted by Crippen LogP contribution is -2.63. The second-order valence-electron chi connectivity index (χ2n) is 19.0. The summed E-state index contributed by atoms with van der Waals surface area (Å²) >= 11 is 6.82. The van der Waals surface area contributed by atoms with Gasteiger partial charge in [-0.05, 0) is 90.8 Å². The number of fused-ring (bicyclic) bond motifs is 5. The summed E-state index contributed by atoms with van der Waals surface area (Å²) in [4.78, 5) is 80.8. The summed E-state index contributed by atoms with van der Waals surface area (Å²) in [5, 5.41) is 26.3. The van der Waals surface area contributed by atoms with Crippen molar-refractivity contribution in [3.63, 3.8) is 0 Å². The van der Waals surface area contributed by atoms with Crippen LogP contribution in [-0.2, 0) is 49.3 Å². The Balaban J connectivity index is 1.44. The van der Waals surface area contributed by atoms with Crippen molar-refractivity contribution in [2.45, 2.75) is 158 Å². The number of alkyl carbamates (subject to hydrolysis) is 1. The van der Waals surface area contributed by atoms with Gasteiger partial charge in [-0.2, -0.15) is 0 Å². The molecule has 0 unspecified atom stereocenters. The van der Waals surface area contributed by atoms with Gasteiger partial charge < -0.3 is 54.7 Å². The number of carbonyl (C=O) groups is 6. The van der Waals surface area contributed by atoms with Gasteiger partial charge >= 0.3 is 18.0 Å². The summed E-state index contributed by atoms with van der Waals surface area (Å²) in [5.74, 6) is -2.10. The Hall–Kier alpha value is -4.05. The molecule has 0 saturated carbocycles. The zero-order chi connectivity index (χ0) is 51.4.